The van der Waals surface area contributed by atoms with Gasteiger partial charge >= 0.3 is 12.1 Å². The number of hydrogen-bond acceptors (Lipinski definition) is 8. The molecule has 0 bridgehead atoms. The average molecular weight is 843 g/mol. The third kappa shape index (κ3) is 10.9. The van der Waals surface area contributed by atoms with Crippen LogP contribution in [0.1, 0.15) is 75.3 Å². The van der Waals surface area contributed by atoms with Gasteiger partial charge in [0.2, 0.25) is 5.91 Å². The minimum atomic E-state index is -1.11. The molecule has 1 heterocycles. The maximum absolute atomic E-state index is 14.5. The highest BCUT2D eigenvalue weighted by molar-refractivity contribution is 8.00. The van der Waals surface area contributed by atoms with Gasteiger partial charge in [-0.25, -0.2) is 9.59 Å². The lowest BCUT2D eigenvalue weighted by Gasteiger charge is -2.43. The van der Waals surface area contributed by atoms with Gasteiger partial charge in [0.1, 0.15) is 17.7 Å². The number of esters is 1. The average Bonchev–Trinajstić information content (AvgIpc) is 3.27. The number of ether oxygens (including phenoxy) is 4. The smallest absolute Gasteiger partial charge is 0.408 e. The molecule has 320 valence electrons. The third-order valence-electron chi connectivity index (χ3n) is 11.2. The predicted octanol–water partition coefficient (Wildman–Crippen LogP) is 9.43. The van der Waals surface area contributed by atoms with E-state index >= 15 is 0 Å². The molecule has 61 heavy (non-hydrogen) atoms. The van der Waals surface area contributed by atoms with Crippen molar-refractivity contribution in [2.24, 2.45) is 5.41 Å². The molecule has 1 aliphatic heterocycles. The van der Waals surface area contributed by atoms with Crippen LogP contribution in [0, 0.1) is 5.41 Å². The Hall–Kier alpha value is -5.42. The highest BCUT2D eigenvalue weighted by atomic mass is 32.2. The Morgan fingerprint density at radius 2 is 1.10 bits per heavy atom. The van der Waals surface area contributed by atoms with Crippen molar-refractivity contribution in [1.82, 2.24) is 10.6 Å². The van der Waals surface area contributed by atoms with Crippen LogP contribution < -0.4 is 10.6 Å². The molecule has 9 nitrogen and oxygen atoms in total. The number of amides is 2. The molecule has 2 amide bonds. The Kier molecular flexibility index (Phi) is 14.8. The van der Waals surface area contributed by atoms with Gasteiger partial charge in [0.05, 0.1) is 30.5 Å². The molecule has 2 N–H and O–H groups in total. The molecule has 0 aliphatic carbocycles. The summed E-state index contributed by atoms with van der Waals surface area (Å²) >= 11 is 1.67. The Labute approximate surface area is 364 Å². The molecule has 6 rings (SSSR count). The molecule has 10 heteroatoms. The zero-order chi connectivity index (χ0) is 43.5. The van der Waals surface area contributed by atoms with Gasteiger partial charge in [-0.3, -0.25) is 4.79 Å². The predicted molar refractivity (Wildman–Crippen MR) is 241 cm³/mol. The van der Waals surface area contributed by atoms with Gasteiger partial charge in [-0.1, -0.05) is 166 Å². The largest absolute Gasteiger partial charge is 0.467 e. The van der Waals surface area contributed by atoms with Crippen molar-refractivity contribution in [2.45, 2.75) is 81.6 Å². The first kappa shape index (κ1) is 45.1. The SMILES string of the molecule is COC(=O)[C@@H](NC(=O)[C@H](CCSC(c1ccccc1)(c1ccccc1)c1ccccc1)NC(=O)OC(C)(C)C)C(C)(C)CC1OCC(c2ccccc2)(c2ccccc2)CO1. The van der Waals surface area contributed by atoms with E-state index in [9.17, 15) is 14.4 Å². The summed E-state index contributed by atoms with van der Waals surface area (Å²) in [5.74, 6) is -0.733. The highest BCUT2D eigenvalue weighted by Gasteiger charge is 2.45. The van der Waals surface area contributed by atoms with Crippen LogP contribution >= 0.6 is 11.8 Å². The van der Waals surface area contributed by atoms with Crippen molar-refractivity contribution >= 4 is 29.7 Å². The molecule has 0 spiro atoms. The minimum absolute atomic E-state index is 0.216. The van der Waals surface area contributed by atoms with Crippen LogP contribution in [0.5, 0.6) is 0 Å². The van der Waals surface area contributed by atoms with Crippen molar-refractivity contribution in [2.75, 3.05) is 26.1 Å². The second-order valence-corrected chi connectivity index (χ2v) is 18.4. The molecule has 5 aromatic carbocycles. The van der Waals surface area contributed by atoms with Crippen LogP contribution in [-0.4, -0.2) is 68.0 Å². The summed E-state index contributed by atoms with van der Waals surface area (Å²) < 4.78 is 23.2. The maximum Gasteiger partial charge on any atom is 0.408 e. The first-order valence-electron chi connectivity index (χ1n) is 20.8. The number of alkyl carbamates (subject to hydrolysis) is 1. The summed E-state index contributed by atoms with van der Waals surface area (Å²) in [6.07, 6.45) is -0.931. The quantitative estimate of drug-likeness (QED) is 0.0747. The molecule has 2 atom stereocenters. The summed E-state index contributed by atoms with van der Waals surface area (Å²) in [6, 6.07) is 49.0. The topological polar surface area (TPSA) is 112 Å². The van der Waals surface area contributed by atoms with Crippen LogP contribution in [0.4, 0.5) is 4.79 Å². The lowest BCUT2D eigenvalue weighted by Crippen LogP contribution is -2.58. The van der Waals surface area contributed by atoms with Gasteiger partial charge in [0, 0.05) is 11.8 Å². The van der Waals surface area contributed by atoms with Gasteiger partial charge in [-0.05, 0) is 60.8 Å². The minimum Gasteiger partial charge on any atom is -0.467 e. The third-order valence-corrected chi connectivity index (χ3v) is 12.7. The molecular formula is C51H58N2O7S. The standard InChI is InChI=1S/C51H58N2O7S/c1-48(2,3)60-47(56)52-42(32-33-61-51(39-26-16-9-17-27-39,40-28-18-10-19-29-40)41-30-20-11-21-31-41)45(54)53-44(46(55)57-6)49(4,5)34-43-58-35-50(36-59-43,37-22-12-7-13-23-37)38-24-14-8-15-25-38/h7-31,42-44H,32-36H2,1-6H3,(H,52,56)(H,53,54)/t42-,44+/m0/s1. The van der Waals surface area contributed by atoms with Crippen LogP contribution in [0.15, 0.2) is 152 Å². The van der Waals surface area contributed by atoms with Crippen LogP contribution in [0.25, 0.3) is 0 Å². The van der Waals surface area contributed by atoms with Gasteiger partial charge < -0.3 is 29.6 Å². The lowest BCUT2D eigenvalue weighted by molar-refractivity contribution is -0.216. The van der Waals surface area contributed by atoms with Crippen molar-refractivity contribution in [3.8, 4) is 0 Å². The summed E-state index contributed by atoms with van der Waals surface area (Å²) in [5.41, 5.74) is 3.12. The molecule has 1 fully saturated rings. The van der Waals surface area contributed by atoms with Gasteiger partial charge in [-0.15, -0.1) is 11.8 Å². The Morgan fingerprint density at radius 3 is 1.51 bits per heavy atom. The molecule has 1 saturated heterocycles. The van der Waals surface area contributed by atoms with E-state index in [4.69, 9.17) is 18.9 Å². The van der Waals surface area contributed by atoms with Crippen molar-refractivity contribution in [1.29, 1.82) is 0 Å². The second-order valence-electron chi connectivity index (χ2n) is 17.1. The van der Waals surface area contributed by atoms with Crippen molar-refractivity contribution in [3.63, 3.8) is 0 Å². The summed E-state index contributed by atoms with van der Waals surface area (Å²) in [7, 11) is 1.29. The van der Waals surface area contributed by atoms with E-state index in [1.165, 1.54) is 7.11 Å². The summed E-state index contributed by atoms with van der Waals surface area (Å²) in [5, 5.41) is 5.80. The number of hydrogen-bond donors (Lipinski definition) is 2. The Bertz CT molecular complexity index is 2020. The van der Waals surface area contributed by atoms with E-state index in [1.807, 2.05) is 105 Å². The van der Waals surface area contributed by atoms with Gasteiger partial charge in [0.15, 0.2) is 6.29 Å². The normalized spacial score (nSPS) is 15.5. The van der Waals surface area contributed by atoms with Gasteiger partial charge in [-0.2, -0.15) is 0 Å². The zero-order valence-corrected chi connectivity index (χ0v) is 36.8. The summed E-state index contributed by atoms with van der Waals surface area (Å²) in [4.78, 5) is 41.5. The van der Waals surface area contributed by atoms with E-state index in [-0.39, 0.29) is 12.8 Å². The number of nitrogens with one attached hydrogen (secondary N) is 2. The second kappa shape index (κ2) is 20.0. The monoisotopic (exact) mass is 842 g/mol. The summed E-state index contributed by atoms with van der Waals surface area (Å²) in [6.45, 7) is 9.75. The van der Waals surface area contributed by atoms with Crippen LogP contribution in [0.2, 0.25) is 0 Å². The van der Waals surface area contributed by atoms with E-state index in [1.54, 1.807) is 32.5 Å². The number of benzene rings is 5. The molecule has 0 unspecified atom stereocenters. The Balaban J connectivity index is 1.23. The number of rotatable bonds is 16. The molecule has 0 aromatic heterocycles. The Morgan fingerprint density at radius 1 is 0.672 bits per heavy atom. The van der Waals surface area contributed by atoms with Crippen molar-refractivity contribution in [3.05, 3.63) is 179 Å². The first-order chi connectivity index (χ1) is 29.3. The van der Waals surface area contributed by atoms with Crippen molar-refractivity contribution < 1.29 is 33.3 Å². The molecular weight excluding hydrogens is 785 g/mol. The lowest BCUT2D eigenvalue weighted by atomic mass is 9.75. The van der Waals surface area contributed by atoms with E-state index in [2.05, 4.69) is 71.3 Å². The van der Waals surface area contributed by atoms with E-state index in [0.717, 1.165) is 27.8 Å². The number of carbonyl (C=O) groups is 3. The first-order valence-corrected chi connectivity index (χ1v) is 21.8. The maximum atomic E-state index is 14.5. The van der Waals surface area contributed by atoms with Crippen LogP contribution in [-0.2, 0) is 38.7 Å². The zero-order valence-electron chi connectivity index (χ0n) is 36.0. The fourth-order valence-corrected chi connectivity index (χ4v) is 9.56. The highest BCUT2D eigenvalue weighted by Crippen LogP contribution is 2.49. The molecule has 0 radical (unpaired) electrons. The van der Waals surface area contributed by atoms with Gasteiger partial charge in [0.25, 0.3) is 0 Å². The number of methoxy groups -OCH3 is 1. The van der Waals surface area contributed by atoms with E-state index < -0.39 is 57.5 Å². The molecule has 5 aromatic rings. The molecule has 0 saturated carbocycles. The fourth-order valence-electron chi connectivity index (χ4n) is 7.99. The molecule has 1 aliphatic rings. The fraction of sp³-hybridized carbons (Fsp3) is 0.353. The van der Waals surface area contributed by atoms with Crippen LogP contribution in [0.3, 0.4) is 0 Å². The number of carbonyl (C=O) groups excluding carboxylic acids is 3. The van der Waals surface area contributed by atoms with E-state index in [0.29, 0.717) is 19.0 Å². The number of thioether (sulfide) groups is 1.